The Hall–Kier alpha value is -3.21. The molecule has 1 N–H and O–H groups in total. The third-order valence-corrected chi connectivity index (χ3v) is 3.55. The summed E-state index contributed by atoms with van der Waals surface area (Å²) in [6.07, 6.45) is 2.99. The molecule has 1 aromatic heterocycles. The van der Waals surface area contributed by atoms with Crippen LogP contribution in [-0.4, -0.2) is 23.2 Å². The number of rotatable bonds is 3. The number of ether oxygens (including phenoxy) is 1. The minimum atomic E-state index is -0.447. The van der Waals surface area contributed by atoms with Gasteiger partial charge in [-0.25, -0.2) is 14.2 Å². The van der Waals surface area contributed by atoms with E-state index in [0.717, 1.165) is 10.9 Å². The van der Waals surface area contributed by atoms with Gasteiger partial charge in [0, 0.05) is 17.0 Å². The lowest BCUT2D eigenvalue weighted by Crippen LogP contribution is -1.93. The summed E-state index contributed by atoms with van der Waals surface area (Å²) >= 11 is 0. The van der Waals surface area contributed by atoms with Gasteiger partial charge in [-0.3, -0.25) is 0 Å². The van der Waals surface area contributed by atoms with Gasteiger partial charge in [0.25, 0.3) is 0 Å². The van der Waals surface area contributed by atoms with Crippen molar-refractivity contribution in [2.75, 3.05) is 7.11 Å². The van der Waals surface area contributed by atoms with Gasteiger partial charge in [-0.1, -0.05) is 12.1 Å². The summed E-state index contributed by atoms with van der Waals surface area (Å²) in [7, 11) is 1.32. The highest BCUT2D eigenvalue weighted by Crippen LogP contribution is 2.27. The molecular weight excluding hydrogens is 309 g/mol. The SMILES string of the molecule is COC(=O)C=Cc1ccc2nc(-c3cc(O)ccc3F)ccc2c1. The molecule has 0 radical (unpaired) electrons. The number of halogens is 1. The lowest BCUT2D eigenvalue weighted by atomic mass is 10.1. The number of hydrogen-bond donors (Lipinski definition) is 1. The van der Waals surface area contributed by atoms with Crippen molar-refractivity contribution in [3.05, 3.63) is 66.0 Å². The Balaban J connectivity index is 1.99. The summed E-state index contributed by atoms with van der Waals surface area (Å²) in [6.45, 7) is 0. The largest absolute Gasteiger partial charge is 0.508 e. The van der Waals surface area contributed by atoms with E-state index in [1.807, 2.05) is 12.1 Å². The topological polar surface area (TPSA) is 59.4 Å². The van der Waals surface area contributed by atoms with E-state index in [4.69, 9.17) is 0 Å². The number of aromatic hydroxyl groups is 1. The molecule has 1 heterocycles. The van der Waals surface area contributed by atoms with Crippen LogP contribution in [0.4, 0.5) is 4.39 Å². The van der Waals surface area contributed by atoms with E-state index in [1.54, 1.807) is 24.3 Å². The summed E-state index contributed by atoms with van der Waals surface area (Å²) in [4.78, 5) is 15.6. The van der Waals surface area contributed by atoms with Crippen LogP contribution in [-0.2, 0) is 9.53 Å². The number of aromatic nitrogens is 1. The van der Waals surface area contributed by atoms with E-state index in [-0.39, 0.29) is 11.3 Å². The van der Waals surface area contributed by atoms with Crippen molar-refractivity contribution in [2.45, 2.75) is 0 Å². The van der Waals surface area contributed by atoms with Gasteiger partial charge in [-0.2, -0.15) is 0 Å². The molecule has 0 aliphatic heterocycles. The van der Waals surface area contributed by atoms with Crippen molar-refractivity contribution >= 4 is 22.9 Å². The monoisotopic (exact) mass is 323 g/mol. The number of carbonyl (C=O) groups is 1. The molecule has 0 aliphatic rings. The standard InChI is InChI=1S/C19H14FNO3/c1-24-19(23)9-3-12-2-7-17-13(10-12)4-8-18(21-17)15-11-14(22)5-6-16(15)20/h2-11,22H,1H3. The van der Waals surface area contributed by atoms with Crippen molar-refractivity contribution < 1.29 is 19.0 Å². The quantitative estimate of drug-likeness (QED) is 0.586. The van der Waals surface area contributed by atoms with Gasteiger partial charge in [0.15, 0.2) is 0 Å². The number of hydrogen-bond acceptors (Lipinski definition) is 4. The number of nitrogens with zero attached hydrogens (tertiary/aromatic N) is 1. The van der Waals surface area contributed by atoms with Crippen molar-refractivity contribution in [1.29, 1.82) is 0 Å². The van der Waals surface area contributed by atoms with Gasteiger partial charge in [0.05, 0.1) is 18.3 Å². The van der Waals surface area contributed by atoms with Gasteiger partial charge in [-0.15, -0.1) is 0 Å². The molecular formula is C19H14FNO3. The highest BCUT2D eigenvalue weighted by molar-refractivity contribution is 5.89. The maximum atomic E-state index is 13.9. The van der Waals surface area contributed by atoms with E-state index in [2.05, 4.69) is 9.72 Å². The Labute approximate surface area is 137 Å². The minimum Gasteiger partial charge on any atom is -0.508 e. The maximum absolute atomic E-state index is 13.9. The van der Waals surface area contributed by atoms with Gasteiger partial charge in [0.1, 0.15) is 11.6 Å². The molecule has 0 atom stereocenters. The summed E-state index contributed by atoms with van der Waals surface area (Å²) < 4.78 is 18.5. The van der Waals surface area contributed by atoms with E-state index < -0.39 is 11.8 Å². The molecule has 0 saturated carbocycles. The smallest absolute Gasteiger partial charge is 0.330 e. The summed E-state index contributed by atoms with van der Waals surface area (Å²) in [5.74, 6) is -0.892. The average molecular weight is 323 g/mol. The van der Waals surface area contributed by atoms with Crippen molar-refractivity contribution in [3.63, 3.8) is 0 Å². The van der Waals surface area contributed by atoms with E-state index in [9.17, 15) is 14.3 Å². The Morgan fingerprint density at radius 2 is 2.00 bits per heavy atom. The number of esters is 1. The normalized spacial score (nSPS) is 11.1. The van der Waals surface area contributed by atoms with E-state index in [1.165, 1.54) is 31.4 Å². The molecule has 2 aromatic carbocycles. The Kier molecular flexibility index (Phi) is 4.24. The summed E-state index contributed by atoms with van der Waals surface area (Å²) in [5.41, 5.74) is 2.19. The van der Waals surface area contributed by atoms with Gasteiger partial charge < -0.3 is 9.84 Å². The average Bonchev–Trinajstić information content (AvgIpc) is 2.61. The van der Waals surface area contributed by atoms with Crippen LogP contribution in [0.5, 0.6) is 5.75 Å². The van der Waals surface area contributed by atoms with Crippen LogP contribution in [0.15, 0.2) is 54.6 Å². The summed E-state index contributed by atoms with van der Waals surface area (Å²) in [5, 5.41) is 10.4. The first-order valence-electron chi connectivity index (χ1n) is 7.22. The minimum absolute atomic E-state index is 0.0170. The molecule has 0 amide bonds. The molecule has 0 fully saturated rings. The first kappa shape index (κ1) is 15.7. The molecule has 0 saturated heterocycles. The molecule has 0 unspecified atom stereocenters. The fourth-order valence-electron chi connectivity index (χ4n) is 2.34. The van der Waals surface area contributed by atoms with Gasteiger partial charge in [-0.05, 0) is 48.0 Å². The Bertz CT molecular complexity index is 950. The molecule has 0 aliphatic carbocycles. The fourth-order valence-corrected chi connectivity index (χ4v) is 2.34. The molecule has 0 bridgehead atoms. The molecule has 4 nitrogen and oxygen atoms in total. The Morgan fingerprint density at radius 3 is 2.79 bits per heavy atom. The molecule has 24 heavy (non-hydrogen) atoms. The molecule has 3 aromatic rings. The van der Waals surface area contributed by atoms with Crippen molar-refractivity contribution in [1.82, 2.24) is 4.98 Å². The highest BCUT2D eigenvalue weighted by atomic mass is 19.1. The third-order valence-electron chi connectivity index (χ3n) is 3.55. The van der Waals surface area contributed by atoms with Gasteiger partial charge in [0.2, 0.25) is 0 Å². The van der Waals surface area contributed by atoms with Crippen LogP contribution in [0.3, 0.4) is 0 Å². The lowest BCUT2D eigenvalue weighted by molar-refractivity contribution is -0.134. The number of methoxy groups -OCH3 is 1. The van der Waals surface area contributed by atoms with Crippen LogP contribution in [0.25, 0.3) is 28.2 Å². The van der Waals surface area contributed by atoms with Crippen LogP contribution in [0, 0.1) is 5.82 Å². The first-order chi connectivity index (χ1) is 11.6. The second-order valence-electron chi connectivity index (χ2n) is 5.17. The zero-order chi connectivity index (χ0) is 17.1. The molecule has 3 rings (SSSR count). The zero-order valence-electron chi connectivity index (χ0n) is 12.9. The zero-order valence-corrected chi connectivity index (χ0v) is 12.9. The van der Waals surface area contributed by atoms with Crippen molar-refractivity contribution in [3.8, 4) is 17.0 Å². The Morgan fingerprint density at radius 1 is 1.17 bits per heavy atom. The van der Waals surface area contributed by atoms with Crippen LogP contribution in [0.1, 0.15) is 5.56 Å². The predicted molar refractivity (Wildman–Crippen MR) is 89.9 cm³/mol. The molecule has 120 valence electrons. The fraction of sp³-hybridized carbons (Fsp3) is 0.0526. The van der Waals surface area contributed by atoms with Crippen LogP contribution < -0.4 is 0 Å². The number of phenols is 1. The number of phenolic OH excluding ortho intramolecular Hbond substituents is 1. The second-order valence-corrected chi connectivity index (χ2v) is 5.17. The number of pyridine rings is 1. The van der Waals surface area contributed by atoms with E-state index in [0.29, 0.717) is 11.2 Å². The van der Waals surface area contributed by atoms with Crippen LogP contribution >= 0.6 is 0 Å². The first-order valence-corrected chi connectivity index (χ1v) is 7.22. The maximum Gasteiger partial charge on any atom is 0.330 e. The molecule has 0 spiro atoms. The second kappa shape index (κ2) is 6.50. The number of carbonyl (C=O) groups excluding carboxylic acids is 1. The van der Waals surface area contributed by atoms with Gasteiger partial charge >= 0.3 is 5.97 Å². The third kappa shape index (κ3) is 3.25. The highest BCUT2D eigenvalue weighted by Gasteiger charge is 2.08. The van der Waals surface area contributed by atoms with E-state index >= 15 is 0 Å². The van der Waals surface area contributed by atoms with Crippen molar-refractivity contribution in [2.24, 2.45) is 0 Å². The number of benzene rings is 2. The predicted octanol–water partition coefficient (Wildman–Crippen LogP) is 3.93. The number of fused-ring (bicyclic) bond motifs is 1. The lowest BCUT2D eigenvalue weighted by Gasteiger charge is -2.06. The van der Waals surface area contributed by atoms with Crippen LogP contribution in [0.2, 0.25) is 0 Å². The summed E-state index contributed by atoms with van der Waals surface area (Å²) in [6, 6.07) is 12.8. The molecule has 5 heteroatoms.